The van der Waals surface area contributed by atoms with Crippen LogP contribution in [-0.2, 0) is 21.0 Å². The van der Waals surface area contributed by atoms with Crippen molar-refractivity contribution in [2.24, 2.45) is 0 Å². The van der Waals surface area contributed by atoms with Gasteiger partial charge in [-0.1, -0.05) is 17.7 Å². The number of carbonyl (C=O) groups excluding carboxylic acids is 1. The Bertz CT molecular complexity index is 1120. The Morgan fingerprint density at radius 2 is 1.79 bits per heavy atom. The molecule has 0 aliphatic carbocycles. The third-order valence-corrected chi connectivity index (χ3v) is 7.46. The molecule has 3 rings (SSSR count). The van der Waals surface area contributed by atoms with Crippen molar-refractivity contribution < 1.29 is 31.1 Å². The van der Waals surface area contributed by atoms with Crippen LogP contribution >= 0.6 is 11.6 Å². The van der Waals surface area contributed by atoms with Gasteiger partial charge in [-0.2, -0.15) is 17.5 Å². The quantitative estimate of drug-likeness (QED) is 0.602. The van der Waals surface area contributed by atoms with Crippen molar-refractivity contribution in [1.82, 2.24) is 9.21 Å². The minimum Gasteiger partial charge on any atom is -0.495 e. The van der Waals surface area contributed by atoms with Crippen molar-refractivity contribution in [2.45, 2.75) is 11.1 Å². The van der Waals surface area contributed by atoms with E-state index in [2.05, 4.69) is 0 Å². The lowest BCUT2D eigenvalue weighted by Crippen LogP contribution is -2.51. The van der Waals surface area contributed by atoms with Gasteiger partial charge in [-0.05, 0) is 36.4 Å². The zero-order chi connectivity index (χ0) is 24.4. The summed E-state index contributed by atoms with van der Waals surface area (Å²) in [6.45, 7) is 0.805. The largest absolute Gasteiger partial charge is 0.495 e. The number of carbonyl (C=O) groups is 1. The van der Waals surface area contributed by atoms with Crippen molar-refractivity contribution in [3.8, 4) is 5.75 Å². The van der Waals surface area contributed by atoms with E-state index >= 15 is 0 Å². The summed E-state index contributed by atoms with van der Waals surface area (Å²) in [5.41, 5.74) is -0.308. The minimum atomic E-state index is -4.43. The number of benzene rings is 2. The van der Waals surface area contributed by atoms with E-state index in [1.54, 1.807) is 11.0 Å². The van der Waals surface area contributed by atoms with Gasteiger partial charge in [0.15, 0.2) is 0 Å². The number of hydrogen-bond donors (Lipinski definition) is 0. The summed E-state index contributed by atoms with van der Waals surface area (Å²) < 4.78 is 70.5. The number of hydrogen-bond acceptors (Lipinski definition) is 5. The summed E-state index contributed by atoms with van der Waals surface area (Å²) in [5.74, 6) is -0.0719. The maximum absolute atomic E-state index is 13.0. The second kappa shape index (κ2) is 9.78. The molecule has 1 saturated heterocycles. The number of likely N-dealkylation sites (N-methyl/N-ethyl adjacent to an activating group) is 1. The summed E-state index contributed by atoms with van der Waals surface area (Å²) in [6, 6.07) is 9.05. The van der Waals surface area contributed by atoms with Crippen molar-refractivity contribution >= 4 is 33.2 Å². The standard InChI is InChI=1S/C21H23ClF3N3O4S/c1-26(33(30,31)17-6-7-19(32-2)18(22)13-17)14-20(29)28-10-8-27(9-11-28)16-5-3-4-15(12-16)21(23,24)25/h3-7,12-13H,8-11,14H2,1-2H3. The molecule has 0 unspecified atom stereocenters. The van der Waals surface area contributed by atoms with E-state index in [4.69, 9.17) is 16.3 Å². The second-order valence-corrected chi connectivity index (χ2v) is 9.93. The molecule has 1 heterocycles. The number of anilines is 1. The third kappa shape index (κ3) is 5.71. The van der Waals surface area contributed by atoms with Crippen molar-refractivity contribution in [2.75, 3.05) is 51.8 Å². The highest BCUT2D eigenvalue weighted by molar-refractivity contribution is 7.89. The summed E-state index contributed by atoms with van der Waals surface area (Å²) >= 11 is 6.02. The second-order valence-electron chi connectivity index (χ2n) is 7.47. The topological polar surface area (TPSA) is 70.2 Å². The Labute approximate surface area is 195 Å². The van der Waals surface area contributed by atoms with Gasteiger partial charge in [0, 0.05) is 38.9 Å². The molecule has 0 radical (unpaired) electrons. The van der Waals surface area contributed by atoms with Gasteiger partial charge in [-0.15, -0.1) is 0 Å². The molecule has 1 amide bonds. The summed E-state index contributed by atoms with van der Waals surface area (Å²) in [7, 11) is -1.26. The van der Waals surface area contributed by atoms with Crippen LogP contribution in [0.2, 0.25) is 5.02 Å². The van der Waals surface area contributed by atoms with Crippen LogP contribution in [0.1, 0.15) is 5.56 Å². The van der Waals surface area contributed by atoms with Crippen LogP contribution < -0.4 is 9.64 Å². The van der Waals surface area contributed by atoms with Crippen molar-refractivity contribution in [3.05, 3.63) is 53.1 Å². The molecule has 1 aliphatic rings. The lowest BCUT2D eigenvalue weighted by Gasteiger charge is -2.36. The first kappa shape index (κ1) is 25.1. The van der Waals surface area contributed by atoms with E-state index in [0.29, 0.717) is 24.5 Å². The molecule has 180 valence electrons. The molecule has 2 aromatic carbocycles. The fourth-order valence-corrected chi connectivity index (χ4v) is 4.93. The fourth-order valence-electron chi connectivity index (χ4n) is 3.46. The average molecular weight is 506 g/mol. The Morgan fingerprint density at radius 3 is 2.36 bits per heavy atom. The first-order valence-electron chi connectivity index (χ1n) is 9.93. The van der Waals surface area contributed by atoms with Crippen LogP contribution in [0.15, 0.2) is 47.4 Å². The summed E-state index contributed by atoms with van der Waals surface area (Å²) in [6.07, 6.45) is -4.43. The third-order valence-electron chi connectivity index (χ3n) is 5.36. The number of sulfonamides is 1. The molecule has 12 heteroatoms. The normalized spacial score (nSPS) is 15.1. The van der Waals surface area contributed by atoms with Gasteiger partial charge in [0.1, 0.15) is 5.75 Å². The molecule has 0 saturated carbocycles. The summed E-state index contributed by atoms with van der Waals surface area (Å²) in [5, 5.41) is 0.129. The Hall–Kier alpha value is -2.50. The lowest BCUT2D eigenvalue weighted by atomic mass is 10.1. The molecule has 0 aromatic heterocycles. The zero-order valence-corrected chi connectivity index (χ0v) is 19.5. The maximum atomic E-state index is 13.0. The first-order chi connectivity index (χ1) is 15.4. The van der Waals surface area contributed by atoms with Crippen LogP contribution in [0.4, 0.5) is 18.9 Å². The fraction of sp³-hybridized carbons (Fsp3) is 0.381. The molecule has 0 atom stereocenters. The van der Waals surface area contributed by atoms with E-state index in [1.165, 1.54) is 43.3 Å². The van der Waals surface area contributed by atoms with Crippen LogP contribution in [0.5, 0.6) is 5.75 Å². The highest BCUT2D eigenvalue weighted by Crippen LogP contribution is 2.32. The van der Waals surface area contributed by atoms with Gasteiger partial charge >= 0.3 is 6.18 Å². The number of rotatable bonds is 6. The van der Waals surface area contributed by atoms with E-state index in [9.17, 15) is 26.4 Å². The molecule has 7 nitrogen and oxygen atoms in total. The van der Waals surface area contributed by atoms with Crippen LogP contribution in [0.3, 0.4) is 0 Å². The Kier molecular flexibility index (Phi) is 7.45. The molecule has 1 aliphatic heterocycles. The molecular formula is C21H23ClF3N3O4S. The molecule has 0 N–H and O–H groups in total. The van der Waals surface area contributed by atoms with Crippen molar-refractivity contribution in [3.63, 3.8) is 0 Å². The lowest BCUT2D eigenvalue weighted by molar-refractivity contribution is -0.137. The SMILES string of the molecule is COc1ccc(S(=O)(=O)N(C)CC(=O)N2CCN(c3cccc(C(F)(F)F)c3)CC2)cc1Cl. The van der Waals surface area contributed by atoms with E-state index in [1.807, 2.05) is 0 Å². The van der Waals surface area contributed by atoms with Crippen LogP contribution in [0.25, 0.3) is 0 Å². The first-order valence-corrected chi connectivity index (χ1v) is 11.7. The highest BCUT2D eigenvalue weighted by Gasteiger charge is 2.32. The molecule has 0 bridgehead atoms. The average Bonchev–Trinajstić information content (AvgIpc) is 2.78. The number of methoxy groups -OCH3 is 1. The molecule has 33 heavy (non-hydrogen) atoms. The van der Waals surface area contributed by atoms with Gasteiger partial charge in [-0.3, -0.25) is 4.79 Å². The predicted octanol–water partition coefficient (Wildman–Crippen LogP) is 3.34. The minimum absolute atomic E-state index is 0.0713. The van der Waals surface area contributed by atoms with Crippen LogP contribution in [-0.4, -0.2) is 70.4 Å². The van der Waals surface area contributed by atoms with Gasteiger partial charge in [0.2, 0.25) is 15.9 Å². The van der Waals surface area contributed by atoms with Crippen LogP contribution in [0, 0.1) is 0 Å². The van der Waals surface area contributed by atoms with E-state index in [0.717, 1.165) is 16.4 Å². The van der Waals surface area contributed by atoms with E-state index in [-0.39, 0.29) is 29.6 Å². The monoisotopic (exact) mass is 505 g/mol. The molecular weight excluding hydrogens is 483 g/mol. The van der Waals surface area contributed by atoms with Gasteiger partial charge in [0.25, 0.3) is 0 Å². The zero-order valence-electron chi connectivity index (χ0n) is 18.0. The predicted molar refractivity (Wildman–Crippen MR) is 118 cm³/mol. The number of alkyl halides is 3. The molecule has 2 aromatic rings. The smallest absolute Gasteiger partial charge is 0.416 e. The number of nitrogens with zero attached hydrogens (tertiary/aromatic N) is 3. The van der Waals surface area contributed by atoms with Gasteiger partial charge in [-0.25, -0.2) is 8.42 Å². The summed E-state index contributed by atoms with van der Waals surface area (Å²) in [4.78, 5) is 15.9. The van der Waals surface area contributed by atoms with Gasteiger partial charge < -0.3 is 14.5 Å². The Morgan fingerprint density at radius 1 is 1.12 bits per heavy atom. The number of ether oxygens (including phenoxy) is 1. The highest BCUT2D eigenvalue weighted by atomic mass is 35.5. The Balaban J connectivity index is 1.61. The van der Waals surface area contributed by atoms with Crippen molar-refractivity contribution in [1.29, 1.82) is 0 Å². The van der Waals surface area contributed by atoms with Gasteiger partial charge in [0.05, 0.1) is 29.1 Å². The number of halogens is 4. The number of piperazine rings is 1. The molecule has 0 spiro atoms. The van der Waals surface area contributed by atoms with E-state index < -0.39 is 27.7 Å². The maximum Gasteiger partial charge on any atom is 0.416 e. The number of amides is 1. The molecule has 1 fully saturated rings.